The summed E-state index contributed by atoms with van der Waals surface area (Å²) in [5.41, 5.74) is 0. The molecular weight excluding hydrogens is 296 g/mol. The zero-order chi connectivity index (χ0) is 16.0. The zero-order valence-corrected chi connectivity index (χ0v) is 12.7. The highest BCUT2D eigenvalue weighted by molar-refractivity contribution is 7.89. The molecule has 0 aliphatic rings. The van der Waals surface area contributed by atoms with E-state index in [0.29, 0.717) is 0 Å². The van der Waals surface area contributed by atoms with Crippen LogP contribution in [0.25, 0.3) is 0 Å². The molecule has 0 bridgehead atoms. The number of sulfonamides is 1. The summed E-state index contributed by atoms with van der Waals surface area (Å²) in [4.78, 5) is 10.5. The molecule has 0 atom stereocenters. The maximum absolute atomic E-state index is 12.5. The standard InChI is InChI=1S/C12H18N4O4S/c1-10(2)16(6-3-5-13)21(19,20)11-8-14-15(9-11)7-4-12(17)18/h8-10H,3-4,6-7H2,1-2H3,(H,17,18). The lowest BCUT2D eigenvalue weighted by Gasteiger charge is -2.24. The number of carbonyl (C=O) groups is 1. The van der Waals surface area contributed by atoms with E-state index in [2.05, 4.69) is 5.10 Å². The molecule has 1 N–H and O–H groups in total. The zero-order valence-electron chi connectivity index (χ0n) is 11.9. The normalized spacial score (nSPS) is 11.8. The molecule has 0 saturated carbocycles. The molecule has 1 rings (SSSR count). The van der Waals surface area contributed by atoms with Crippen LogP contribution in [-0.4, -0.2) is 46.2 Å². The molecule has 0 saturated heterocycles. The summed E-state index contributed by atoms with van der Waals surface area (Å²) in [7, 11) is -3.74. The Morgan fingerprint density at radius 1 is 1.57 bits per heavy atom. The van der Waals surface area contributed by atoms with Crippen LogP contribution in [-0.2, 0) is 21.4 Å². The van der Waals surface area contributed by atoms with Crippen LogP contribution in [0.5, 0.6) is 0 Å². The van der Waals surface area contributed by atoms with Gasteiger partial charge in [-0.2, -0.15) is 14.7 Å². The summed E-state index contributed by atoms with van der Waals surface area (Å²) >= 11 is 0. The van der Waals surface area contributed by atoms with Gasteiger partial charge < -0.3 is 5.11 Å². The summed E-state index contributed by atoms with van der Waals surface area (Å²) in [6, 6.07) is 1.64. The fraction of sp³-hybridized carbons (Fsp3) is 0.583. The van der Waals surface area contributed by atoms with Crippen LogP contribution in [0.15, 0.2) is 17.3 Å². The summed E-state index contributed by atoms with van der Waals surface area (Å²) in [6.45, 7) is 3.66. The lowest BCUT2D eigenvalue weighted by atomic mass is 10.3. The Kier molecular flexibility index (Phi) is 5.87. The van der Waals surface area contributed by atoms with Crippen molar-refractivity contribution in [2.24, 2.45) is 0 Å². The van der Waals surface area contributed by atoms with Gasteiger partial charge in [-0.15, -0.1) is 0 Å². The monoisotopic (exact) mass is 314 g/mol. The van der Waals surface area contributed by atoms with Gasteiger partial charge in [0.15, 0.2) is 0 Å². The first-order chi connectivity index (χ1) is 9.78. The van der Waals surface area contributed by atoms with Gasteiger partial charge in [-0.25, -0.2) is 8.42 Å². The van der Waals surface area contributed by atoms with E-state index in [0.717, 1.165) is 0 Å². The average molecular weight is 314 g/mol. The number of nitriles is 1. The first-order valence-electron chi connectivity index (χ1n) is 6.42. The molecule has 0 aromatic carbocycles. The number of carboxylic acid groups (broad SMARTS) is 1. The Bertz CT molecular complexity index is 630. The molecule has 21 heavy (non-hydrogen) atoms. The third-order valence-electron chi connectivity index (χ3n) is 2.79. The Morgan fingerprint density at radius 3 is 2.76 bits per heavy atom. The van der Waals surface area contributed by atoms with Crippen molar-refractivity contribution >= 4 is 16.0 Å². The summed E-state index contributed by atoms with van der Waals surface area (Å²) in [6.07, 6.45) is 2.47. The molecule has 1 aromatic heterocycles. The fourth-order valence-electron chi connectivity index (χ4n) is 1.76. The molecule has 9 heteroatoms. The Morgan fingerprint density at radius 2 is 2.24 bits per heavy atom. The molecule has 1 aromatic rings. The van der Waals surface area contributed by atoms with Gasteiger partial charge in [0.25, 0.3) is 0 Å². The number of nitrogens with zero attached hydrogens (tertiary/aromatic N) is 4. The van der Waals surface area contributed by atoms with Gasteiger partial charge in [-0.1, -0.05) is 0 Å². The van der Waals surface area contributed by atoms with Gasteiger partial charge in [0.1, 0.15) is 4.90 Å². The van der Waals surface area contributed by atoms with E-state index in [4.69, 9.17) is 10.4 Å². The van der Waals surface area contributed by atoms with Crippen molar-refractivity contribution in [3.8, 4) is 6.07 Å². The summed E-state index contributed by atoms with van der Waals surface area (Å²) in [5.74, 6) is -0.979. The van der Waals surface area contributed by atoms with Gasteiger partial charge >= 0.3 is 5.97 Å². The van der Waals surface area contributed by atoms with E-state index < -0.39 is 16.0 Å². The quantitative estimate of drug-likeness (QED) is 0.754. The van der Waals surface area contributed by atoms with Gasteiger partial charge in [-0.3, -0.25) is 9.48 Å². The second kappa shape index (κ2) is 7.19. The highest BCUT2D eigenvalue weighted by Gasteiger charge is 2.27. The predicted molar refractivity (Wildman–Crippen MR) is 73.7 cm³/mol. The highest BCUT2D eigenvalue weighted by Crippen LogP contribution is 2.18. The van der Waals surface area contributed by atoms with Crippen LogP contribution < -0.4 is 0 Å². The molecule has 0 unspecified atom stereocenters. The van der Waals surface area contributed by atoms with Crippen LogP contribution in [0.4, 0.5) is 0 Å². The van der Waals surface area contributed by atoms with Crippen LogP contribution in [0.1, 0.15) is 26.7 Å². The Labute approximate surface area is 123 Å². The maximum atomic E-state index is 12.5. The molecular formula is C12H18N4O4S. The van der Waals surface area contributed by atoms with E-state index >= 15 is 0 Å². The number of rotatable bonds is 8. The summed E-state index contributed by atoms with van der Waals surface area (Å²) < 4.78 is 27.5. The van der Waals surface area contributed by atoms with Crippen molar-refractivity contribution in [2.75, 3.05) is 6.54 Å². The van der Waals surface area contributed by atoms with Crippen molar-refractivity contribution in [1.29, 1.82) is 5.26 Å². The van der Waals surface area contributed by atoms with Crippen molar-refractivity contribution in [1.82, 2.24) is 14.1 Å². The largest absolute Gasteiger partial charge is 0.481 e. The number of aliphatic carboxylic acids is 1. The molecule has 1 heterocycles. The maximum Gasteiger partial charge on any atom is 0.305 e. The van der Waals surface area contributed by atoms with Gasteiger partial charge in [-0.05, 0) is 13.8 Å². The van der Waals surface area contributed by atoms with Crippen molar-refractivity contribution in [3.05, 3.63) is 12.4 Å². The molecule has 116 valence electrons. The number of aromatic nitrogens is 2. The number of hydrogen-bond acceptors (Lipinski definition) is 5. The van der Waals surface area contributed by atoms with E-state index in [9.17, 15) is 13.2 Å². The van der Waals surface area contributed by atoms with Crippen LogP contribution in [0.3, 0.4) is 0 Å². The predicted octanol–water partition coefficient (Wildman–Crippen LogP) is 0.671. The van der Waals surface area contributed by atoms with E-state index in [1.165, 1.54) is 21.4 Å². The molecule has 0 spiro atoms. The molecule has 0 aliphatic carbocycles. The third kappa shape index (κ3) is 4.54. The molecule has 0 radical (unpaired) electrons. The Balaban J connectivity index is 2.95. The van der Waals surface area contributed by atoms with Crippen LogP contribution in [0.2, 0.25) is 0 Å². The second-order valence-electron chi connectivity index (χ2n) is 4.70. The SMILES string of the molecule is CC(C)N(CCC#N)S(=O)(=O)c1cnn(CCC(=O)O)c1. The fourth-order valence-corrected chi connectivity index (χ4v) is 3.35. The first-order valence-corrected chi connectivity index (χ1v) is 7.86. The minimum Gasteiger partial charge on any atom is -0.481 e. The van der Waals surface area contributed by atoms with Crippen molar-refractivity contribution in [3.63, 3.8) is 0 Å². The number of carboxylic acids is 1. The second-order valence-corrected chi connectivity index (χ2v) is 6.59. The average Bonchev–Trinajstić information content (AvgIpc) is 2.85. The van der Waals surface area contributed by atoms with Crippen molar-refractivity contribution in [2.45, 2.75) is 44.2 Å². The first kappa shape index (κ1) is 17.1. The topological polar surface area (TPSA) is 116 Å². The smallest absolute Gasteiger partial charge is 0.305 e. The minimum absolute atomic E-state index is 0.000437. The van der Waals surface area contributed by atoms with Crippen molar-refractivity contribution < 1.29 is 18.3 Å². The highest BCUT2D eigenvalue weighted by atomic mass is 32.2. The van der Waals surface area contributed by atoms with Crippen LogP contribution >= 0.6 is 0 Å². The number of aryl methyl sites for hydroxylation is 1. The van der Waals surface area contributed by atoms with E-state index in [1.807, 2.05) is 6.07 Å². The Hall–Kier alpha value is -1.92. The third-order valence-corrected chi connectivity index (χ3v) is 4.82. The van der Waals surface area contributed by atoms with Gasteiger partial charge in [0, 0.05) is 25.2 Å². The summed E-state index contributed by atoms with van der Waals surface area (Å²) in [5, 5.41) is 21.1. The molecule has 8 nitrogen and oxygen atoms in total. The van der Waals surface area contributed by atoms with Gasteiger partial charge in [0.2, 0.25) is 10.0 Å². The molecule has 0 fully saturated rings. The molecule has 0 amide bonds. The van der Waals surface area contributed by atoms with E-state index in [1.54, 1.807) is 13.8 Å². The van der Waals surface area contributed by atoms with E-state index in [-0.39, 0.29) is 36.9 Å². The molecule has 0 aliphatic heterocycles. The minimum atomic E-state index is -3.74. The lowest BCUT2D eigenvalue weighted by Crippen LogP contribution is -2.37. The number of hydrogen-bond donors (Lipinski definition) is 1. The van der Waals surface area contributed by atoms with Crippen LogP contribution in [0, 0.1) is 11.3 Å². The van der Waals surface area contributed by atoms with Gasteiger partial charge in [0.05, 0.1) is 25.2 Å². The lowest BCUT2D eigenvalue weighted by molar-refractivity contribution is -0.137.